The number of nitrogens with zero attached hydrogens (tertiary/aromatic N) is 5. The third-order valence-electron chi connectivity index (χ3n) is 6.87. The van der Waals surface area contributed by atoms with Crippen LogP contribution in [0.15, 0.2) is 30.3 Å². The van der Waals surface area contributed by atoms with Crippen molar-refractivity contribution in [2.45, 2.75) is 51.6 Å². The highest BCUT2D eigenvalue weighted by Gasteiger charge is 2.32. The van der Waals surface area contributed by atoms with Gasteiger partial charge in [0.15, 0.2) is 11.3 Å². The summed E-state index contributed by atoms with van der Waals surface area (Å²) < 4.78 is 25.9. The number of amides is 1. The highest BCUT2D eigenvalue weighted by Crippen LogP contribution is 2.43. The van der Waals surface area contributed by atoms with Crippen LogP contribution in [0.4, 0.5) is 14.9 Å². The fourth-order valence-corrected chi connectivity index (χ4v) is 4.77. The molecule has 3 heterocycles. The Morgan fingerprint density at radius 3 is 2.30 bits per heavy atom. The highest BCUT2D eigenvalue weighted by atomic mass is 19.1. The number of ether oxygens (including phenoxy) is 2. The second-order valence-corrected chi connectivity index (χ2v) is 10.6. The molecule has 1 saturated heterocycles. The van der Waals surface area contributed by atoms with E-state index in [1.165, 1.54) is 19.2 Å². The number of hydrogen-bond acceptors (Lipinski definition) is 7. The lowest BCUT2D eigenvalue weighted by Gasteiger charge is -2.37. The number of hydrogen-bond donors (Lipinski definition) is 0. The van der Waals surface area contributed by atoms with Crippen molar-refractivity contribution in [1.82, 2.24) is 19.7 Å². The van der Waals surface area contributed by atoms with Gasteiger partial charge < -0.3 is 19.3 Å². The molecule has 9 nitrogen and oxygen atoms in total. The zero-order valence-electron chi connectivity index (χ0n) is 21.7. The number of anilines is 1. The number of aromatic nitrogens is 3. The minimum Gasteiger partial charge on any atom is -0.464 e. The van der Waals surface area contributed by atoms with E-state index in [2.05, 4.69) is 9.88 Å². The lowest BCUT2D eigenvalue weighted by molar-refractivity contribution is 0.0240. The quantitative estimate of drug-likeness (QED) is 0.472. The molecule has 1 aliphatic carbocycles. The van der Waals surface area contributed by atoms with Gasteiger partial charge in [-0.15, -0.1) is 0 Å². The summed E-state index contributed by atoms with van der Waals surface area (Å²) in [6.45, 7) is 7.64. The minimum absolute atomic E-state index is 0.169. The van der Waals surface area contributed by atoms with E-state index >= 15 is 0 Å². The summed E-state index contributed by atoms with van der Waals surface area (Å²) >= 11 is 0. The topological polar surface area (TPSA) is 89.8 Å². The molecule has 2 fully saturated rings. The molecule has 5 rings (SSSR count). The molecule has 0 N–H and O–H groups in total. The van der Waals surface area contributed by atoms with Crippen LogP contribution in [-0.4, -0.2) is 70.6 Å². The minimum atomic E-state index is -0.562. The van der Waals surface area contributed by atoms with Crippen molar-refractivity contribution in [3.05, 3.63) is 47.5 Å². The molecule has 10 heteroatoms. The number of fused-ring (bicyclic) bond motifs is 1. The van der Waals surface area contributed by atoms with Crippen molar-refractivity contribution in [1.29, 1.82) is 0 Å². The first-order valence-corrected chi connectivity index (χ1v) is 12.7. The molecule has 0 unspecified atom stereocenters. The van der Waals surface area contributed by atoms with Gasteiger partial charge in [-0.05, 0) is 63.9 Å². The van der Waals surface area contributed by atoms with Gasteiger partial charge in [-0.1, -0.05) is 6.42 Å². The third-order valence-corrected chi connectivity index (χ3v) is 6.87. The zero-order valence-corrected chi connectivity index (χ0v) is 21.7. The molecule has 1 aliphatic heterocycles. The Kier molecular flexibility index (Phi) is 6.51. The van der Waals surface area contributed by atoms with Crippen molar-refractivity contribution in [2.75, 3.05) is 38.2 Å². The SMILES string of the molecule is COC(=O)c1cc(N2CCN(C(=O)OC(C)(C)C)CC2)c2c(C3CCC3)nn(-c3ccc(F)cc3)c2n1. The normalized spacial score (nSPS) is 16.6. The van der Waals surface area contributed by atoms with Gasteiger partial charge in [0.05, 0.1) is 29.6 Å². The van der Waals surface area contributed by atoms with Gasteiger partial charge in [0, 0.05) is 32.1 Å². The number of benzene rings is 1. The van der Waals surface area contributed by atoms with Gasteiger partial charge in [0.1, 0.15) is 11.4 Å². The number of esters is 1. The number of pyridine rings is 1. The van der Waals surface area contributed by atoms with Crippen molar-refractivity contribution in [2.24, 2.45) is 0 Å². The van der Waals surface area contributed by atoms with Gasteiger partial charge in [-0.2, -0.15) is 5.10 Å². The van der Waals surface area contributed by atoms with E-state index < -0.39 is 11.6 Å². The summed E-state index contributed by atoms with van der Waals surface area (Å²) in [5, 5.41) is 5.83. The van der Waals surface area contributed by atoms with E-state index in [4.69, 9.17) is 14.6 Å². The molecule has 0 bridgehead atoms. The van der Waals surface area contributed by atoms with Gasteiger partial charge in [-0.3, -0.25) is 0 Å². The summed E-state index contributed by atoms with van der Waals surface area (Å²) in [7, 11) is 1.32. The summed E-state index contributed by atoms with van der Waals surface area (Å²) in [4.78, 5) is 33.7. The number of methoxy groups -OCH3 is 1. The molecule has 1 amide bonds. The second-order valence-electron chi connectivity index (χ2n) is 10.6. The van der Waals surface area contributed by atoms with Crippen LogP contribution in [0.1, 0.15) is 62.1 Å². The Morgan fingerprint density at radius 2 is 1.73 bits per heavy atom. The van der Waals surface area contributed by atoms with Crippen LogP contribution in [-0.2, 0) is 9.47 Å². The number of halogens is 1. The Labute approximate surface area is 215 Å². The number of carbonyl (C=O) groups excluding carboxylic acids is 2. The monoisotopic (exact) mass is 509 g/mol. The molecule has 196 valence electrons. The van der Waals surface area contributed by atoms with E-state index in [0.717, 1.165) is 36.0 Å². The first kappa shape index (κ1) is 25.0. The standard InChI is InChI=1S/C27H32FN5O4/c1-27(2,3)37-26(35)32-14-12-31(13-15-32)21-16-20(25(34)36-4)29-24-22(21)23(17-6-5-7-17)30-33(24)19-10-8-18(28)9-11-19/h8-11,16-17H,5-7,12-15H2,1-4H3. The number of rotatable bonds is 4. The Balaban J connectivity index is 1.58. The predicted octanol–water partition coefficient (Wildman–Crippen LogP) is 4.67. The average Bonchev–Trinajstić information content (AvgIpc) is 3.20. The Hall–Kier alpha value is -3.69. The first-order valence-electron chi connectivity index (χ1n) is 12.7. The van der Waals surface area contributed by atoms with E-state index in [9.17, 15) is 14.0 Å². The van der Waals surface area contributed by atoms with Crippen LogP contribution in [0.25, 0.3) is 16.7 Å². The van der Waals surface area contributed by atoms with Crippen LogP contribution < -0.4 is 4.90 Å². The predicted molar refractivity (Wildman–Crippen MR) is 137 cm³/mol. The Morgan fingerprint density at radius 1 is 1.05 bits per heavy atom. The smallest absolute Gasteiger partial charge is 0.410 e. The molecule has 2 aliphatic rings. The average molecular weight is 510 g/mol. The molecule has 2 aromatic heterocycles. The maximum absolute atomic E-state index is 13.7. The summed E-state index contributed by atoms with van der Waals surface area (Å²) in [5.41, 5.74) is 2.56. The van der Waals surface area contributed by atoms with Crippen LogP contribution in [0.3, 0.4) is 0 Å². The van der Waals surface area contributed by atoms with Crippen LogP contribution in [0, 0.1) is 5.82 Å². The summed E-state index contributed by atoms with van der Waals surface area (Å²) in [6, 6.07) is 7.83. The van der Waals surface area contributed by atoms with Gasteiger partial charge in [0.25, 0.3) is 0 Å². The van der Waals surface area contributed by atoms with Crippen molar-refractivity contribution < 1.29 is 23.5 Å². The van der Waals surface area contributed by atoms with Gasteiger partial charge in [-0.25, -0.2) is 23.6 Å². The van der Waals surface area contributed by atoms with E-state index in [1.54, 1.807) is 27.8 Å². The fraction of sp³-hybridized carbons (Fsp3) is 0.481. The number of piperazine rings is 1. The summed E-state index contributed by atoms with van der Waals surface area (Å²) in [5.74, 6) is -0.601. The third kappa shape index (κ3) is 4.97. The maximum Gasteiger partial charge on any atom is 0.410 e. The molecule has 1 saturated carbocycles. The van der Waals surface area contributed by atoms with Crippen LogP contribution >= 0.6 is 0 Å². The van der Waals surface area contributed by atoms with Gasteiger partial charge >= 0.3 is 12.1 Å². The van der Waals surface area contributed by atoms with Gasteiger partial charge in [0.2, 0.25) is 0 Å². The number of carbonyl (C=O) groups is 2. The highest BCUT2D eigenvalue weighted by molar-refractivity contribution is 5.99. The van der Waals surface area contributed by atoms with Crippen LogP contribution in [0.5, 0.6) is 0 Å². The first-order chi connectivity index (χ1) is 17.6. The van der Waals surface area contributed by atoms with Crippen molar-refractivity contribution in [3.8, 4) is 5.69 Å². The molecule has 0 atom stereocenters. The van der Waals surface area contributed by atoms with Crippen LogP contribution in [0.2, 0.25) is 0 Å². The van der Waals surface area contributed by atoms with E-state index in [0.29, 0.717) is 37.5 Å². The Bertz CT molecular complexity index is 1320. The summed E-state index contributed by atoms with van der Waals surface area (Å²) in [6.07, 6.45) is 2.86. The molecule has 3 aromatic rings. The fourth-order valence-electron chi connectivity index (χ4n) is 4.77. The van der Waals surface area contributed by atoms with E-state index in [1.807, 2.05) is 20.8 Å². The lowest BCUT2D eigenvalue weighted by Crippen LogP contribution is -2.50. The molecule has 37 heavy (non-hydrogen) atoms. The van der Waals surface area contributed by atoms with E-state index in [-0.39, 0.29) is 23.5 Å². The molecule has 0 radical (unpaired) electrons. The zero-order chi connectivity index (χ0) is 26.3. The molecular weight excluding hydrogens is 477 g/mol. The van der Waals surface area contributed by atoms with Crippen molar-refractivity contribution in [3.63, 3.8) is 0 Å². The lowest BCUT2D eigenvalue weighted by atomic mass is 9.82. The largest absolute Gasteiger partial charge is 0.464 e. The maximum atomic E-state index is 13.7. The second kappa shape index (κ2) is 9.64. The van der Waals surface area contributed by atoms with Crippen molar-refractivity contribution >= 4 is 28.8 Å². The molecule has 1 aromatic carbocycles. The molecule has 0 spiro atoms. The molecular formula is C27H32FN5O4.